The molecule has 5 aliphatic rings. The Morgan fingerprint density at radius 3 is 2.32 bits per heavy atom. The van der Waals surface area contributed by atoms with Crippen LogP contribution < -0.4 is 10.0 Å². The predicted octanol–water partition coefficient (Wildman–Crippen LogP) is 3.46. The van der Waals surface area contributed by atoms with Crippen molar-refractivity contribution in [3.8, 4) is 0 Å². The highest BCUT2D eigenvalue weighted by Gasteiger charge is 2.34. The van der Waals surface area contributed by atoms with Crippen LogP contribution in [0.4, 0.5) is 10.5 Å². The molecule has 4 heterocycles. The maximum Gasteiger partial charge on any atom is 0.333 e. The molecule has 1 aromatic carbocycles. The summed E-state index contributed by atoms with van der Waals surface area (Å²) in [6.45, 7) is 2.74. The first-order valence-electron chi connectivity index (χ1n) is 11.3. The Morgan fingerprint density at radius 2 is 1.65 bits per heavy atom. The average molecular weight is 442 g/mol. The summed E-state index contributed by atoms with van der Waals surface area (Å²) in [6.07, 6.45) is 8.00. The quantitative estimate of drug-likeness (QED) is 0.761. The third-order valence-corrected chi connectivity index (χ3v) is 8.56. The molecule has 0 spiro atoms. The van der Waals surface area contributed by atoms with E-state index in [2.05, 4.69) is 21.0 Å². The third kappa shape index (κ3) is 3.27. The molecule has 2 bridgehead atoms. The third-order valence-electron chi connectivity index (χ3n) is 7.37. The Bertz CT molecular complexity index is 1140. The molecule has 7 rings (SSSR count). The summed E-state index contributed by atoms with van der Waals surface area (Å²) in [5, 5.41) is 2.73. The van der Waals surface area contributed by atoms with Gasteiger partial charge in [-0.25, -0.2) is 9.52 Å². The second-order valence-corrected chi connectivity index (χ2v) is 10.9. The maximum absolute atomic E-state index is 12.9. The Kier molecular flexibility index (Phi) is 4.44. The van der Waals surface area contributed by atoms with E-state index in [0.717, 1.165) is 81.5 Å². The number of piperidine rings is 1. The number of nitrogens with zero attached hydrogens (tertiary/aromatic N) is 1. The van der Waals surface area contributed by atoms with Crippen molar-refractivity contribution < 1.29 is 17.6 Å². The molecule has 2 N–H and O–H groups in total. The number of carbonyl (C=O) groups is 1. The first-order valence-corrected chi connectivity index (χ1v) is 12.8. The lowest BCUT2D eigenvalue weighted by atomic mass is 9.95. The van der Waals surface area contributed by atoms with Gasteiger partial charge in [0.2, 0.25) is 5.09 Å². The van der Waals surface area contributed by atoms with Gasteiger partial charge in [-0.3, -0.25) is 4.90 Å². The number of carbonyl (C=O) groups excluding carboxylic acids is 1. The number of fused-ring (bicyclic) bond motifs is 4. The minimum absolute atomic E-state index is 0.162. The van der Waals surface area contributed by atoms with Crippen molar-refractivity contribution in [1.82, 2.24) is 9.62 Å². The molecule has 1 saturated heterocycles. The fourth-order valence-electron chi connectivity index (χ4n) is 5.89. The fraction of sp³-hybridized carbons (Fsp3) is 0.522. The van der Waals surface area contributed by atoms with Crippen LogP contribution in [0.25, 0.3) is 0 Å². The Labute approximate surface area is 182 Å². The second-order valence-electron chi connectivity index (χ2n) is 9.30. The van der Waals surface area contributed by atoms with Gasteiger partial charge in [-0.15, -0.1) is 0 Å². The summed E-state index contributed by atoms with van der Waals surface area (Å²) in [5.41, 5.74) is 6.68. The number of anilines is 1. The van der Waals surface area contributed by atoms with E-state index in [1.165, 1.54) is 22.3 Å². The molecule has 0 saturated carbocycles. The first-order chi connectivity index (χ1) is 15.0. The van der Waals surface area contributed by atoms with Crippen molar-refractivity contribution in [2.24, 2.45) is 0 Å². The van der Waals surface area contributed by atoms with Gasteiger partial charge in [-0.05, 0) is 86.7 Å². The summed E-state index contributed by atoms with van der Waals surface area (Å²) < 4.78 is 33.9. The summed E-state index contributed by atoms with van der Waals surface area (Å²) in [6, 6.07) is 3.16. The molecular weight excluding hydrogens is 414 g/mol. The average Bonchev–Trinajstić information content (AvgIpc) is 3.45. The van der Waals surface area contributed by atoms with Crippen molar-refractivity contribution >= 4 is 21.7 Å². The van der Waals surface area contributed by atoms with Gasteiger partial charge in [0, 0.05) is 29.8 Å². The van der Waals surface area contributed by atoms with Crippen LogP contribution in [0.15, 0.2) is 21.6 Å². The molecule has 1 fully saturated rings. The zero-order valence-electron chi connectivity index (χ0n) is 17.5. The van der Waals surface area contributed by atoms with Gasteiger partial charge in [0.15, 0.2) is 0 Å². The highest BCUT2D eigenvalue weighted by molar-refractivity contribution is 7.89. The molecule has 7 nitrogen and oxygen atoms in total. The predicted molar refractivity (Wildman–Crippen MR) is 116 cm³/mol. The zero-order valence-corrected chi connectivity index (χ0v) is 18.3. The molecule has 2 aromatic rings. The SMILES string of the molecule is O=C(Nc1c2c(cc3c1CCC3)CCC2)NS(=O)(=O)c1cc2c(o1)C1CCN(CC1)C2. The Hall–Kier alpha value is -2.32. The lowest BCUT2D eigenvalue weighted by Crippen LogP contribution is -2.35. The highest BCUT2D eigenvalue weighted by Crippen LogP contribution is 2.39. The van der Waals surface area contributed by atoms with Crippen molar-refractivity contribution in [3.05, 3.63) is 45.7 Å². The van der Waals surface area contributed by atoms with Gasteiger partial charge in [-0.1, -0.05) is 6.07 Å². The zero-order chi connectivity index (χ0) is 21.2. The molecular formula is C23H27N3O4S. The van der Waals surface area contributed by atoms with Gasteiger partial charge in [0.1, 0.15) is 5.76 Å². The van der Waals surface area contributed by atoms with Gasteiger partial charge in [0.05, 0.1) is 0 Å². The van der Waals surface area contributed by atoms with Gasteiger partial charge in [-0.2, -0.15) is 8.42 Å². The minimum Gasteiger partial charge on any atom is -0.447 e. The number of urea groups is 1. The van der Waals surface area contributed by atoms with Crippen LogP contribution in [0.2, 0.25) is 0 Å². The van der Waals surface area contributed by atoms with Gasteiger partial charge < -0.3 is 9.73 Å². The molecule has 8 heteroatoms. The minimum atomic E-state index is -4.08. The Morgan fingerprint density at radius 1 is 0.968 bits per heavy atom. The highest BCUT2D eigenvalue weighted by atomic mass is 32.2. The molecule has 0 radical (unpaired) electrons. The Balaban J connectivity index is 1.25. The fourth-order valence-corrected chi connectivity index (χ4v) is 6.78. The van der Waals surface area contributed by atoms with Crippen molar-refractivity contribution in [2.45, 2.75) is 68.9 Å². The van der Waals surface area contributed by atoms with E-state index in [0.29, 0.717) is 6.54 Å². The standard InChI is InChI=1S/C23H27N3O4S/c27-23(24-21-18-5-1-3-15(18)11-16-4-2-6-19(16)21)25-31(28,29)20-12-17-13-26-9-7-14(8-10-26)22(17)30-20/h11-12,14H,1-10,13H2,(H2,24,25,27). The molecule has 3 aliphatic heterocycles. The van der Waals surface area contributed by atoms with E-state index < -0.39 is 16.1 Å². The van der Waals surface area contributed by atoms with Crippen LogP contribution in [-0.4, -0.2) is 32.4 Å². The van der Waals surface area contributed by atoms with Crippen molar-refractivity contribution in [3.63, 3.8) is 0 Å². The topological polar surface area (TPSA) is 91.7 Å². The lowest BCUT2D eigenvalue weighted by molar-refractivity contribution is 0.212. The first kappa shape index (κ1) is 19.4. The lowest BCUT2D eigenvalue weighted by Gasteiger charge is -2.26. The number of furan rings is 1. The number of sulfonamides is 1. The number of nitrogens with one attached hydrogen (secondary N) is 2. The van der Waals surface area contributed by atoms with Crippen LogP contribution in [0, 0.1) is 0 Å². The van der Waals surface area contributed by atoms with E-state index >= 15 is 0 Å². The molecule has 0 unspecified atom stereocenters. The molecule has 2 amide bonds. The van der Waals surface area contributed by atoms with E-state index in [9.17, 15) is 13.2 Å². The summed E-state index contributed by atoms with van der Waals surface area (Å²) >= 11 is 0. The largest absolute Gasteiger partial charge is 0.447 e. The summed E-state index contributed by atoms with van der Waals surface area (Å²) in [4.78, 5) is 15.1. The molecule has 0 atom stereocenters. The van der Waals surface area contributed by atoms with E-state index in [4.69, 9.17) is 4.42 Å². The molecule has 31 heavy (non-hydrogen) atoms. The van der Waals surface area contributed by atoms with Gasteiger partial charge in [0.25, 0.3) is 10.0 Å². The van der Waals surface area contributed by atoms with Crippen LogP contribution in [0.5, 0.6) is 0 Å². The number of hydrogen-bond donors (Lipinski definition) is 2. The number of rotatable bonds is 3. The molecule has 2 aliphatic carbocycles. The van der Waals surface area contributed by atoms with E-state index in [1.54, 1.807) is 6.07 Å². The monoisotopic (exact) mass is 441 g/mol. The number of benzene rings is 1. The van der Waals surface area contributed by atoms with Crippen LogP contribution in [0.3, 0.4) is 0 Å². The van der Waals surface area contributed by atoms with Crippen molar-refractivity contribution in [2.75, 3.05) is 18.4 Å². The maximum atomic E-state index is 12.9. The smallest absolute Gasteiger partial charge is 0.333 e. The molecule has 1 aromatic heterocycles. The molecule has 164 valence electrons. The van der Waals surface area contributed by atoms with Crippen LogP contribution >= 0.6 is 0 Å². The summed E-state index contributed by atoms with van der Waals surface area (Å²) in [7, 11) is -4.08. The van der Waals surface area contributed by atoms with E-state index in [1.807, 2.05) is 0 Å². The second kappa shape index (κ2) is 7.10. The van der Waals surface area contributed by atoms with Crippen molar-refractivity contribution in [1.29, 1.82) is 0 Å². The number of hydrogen-bond acceptors (Lipinski definition) is 5. The van der Waals surface area contributed by atoms with E-state index in [-0.39, 0.29) is 11.0 Å². The summed E-state index contributed by atoms with van der Waals surface area (Å²) in [5.74, 6) is 1.04. The number of aryl methyl sites for hydroxylation is 2. The number of amides is 2. The van der Waals surface area contributed by atoms with Crippen LogP contribution in [0.1, 0.15) is 65.2 Å². The van der Waals surface area contributed by atoms with Crippen LogP contribution in [-0.2, 0) is 42.3 Å². The normalized spacial score (nSPS) is 23.7. The van der Waals surface area contributed by atoms with Gasteiger partial charge >= 0.3 is 6.03 Å².